The summed E-state index contributed by atoms with van der Waals surface area (Å²) in [4.78, 5) is 11.7. The van der Waals surface area contributed by atoms with E-state index in [9.17, 15) is 4.79 Å². The number of hydrogen-bond donors (Lipinski definition) is 2. The number of rotatable bonds is 4. The molecule has 6 heteroatoms. The van der Waals surface area contributed by atoms with Crippen LogP contribution in [0.15, 0.2) is 40.9 Å². The van der Waals surface area contributed by atoms with Gasteiger partial charge in [-0.05, 0) is 43.3 Å². The van der Waals surface area contributed by atoms with Crippen molar-refractivity contribution in [2.24, 2.45) is 0 Å². The Morgan fingerprint density at radius 3 is 2.62 bits per heavy atom. The van der Waals surface area contributed by atoms with Gasteiger partial charge in [0.25, 0.3) is 5.91 Å². The highest BCUT2D eigenvalue weighted by Crippen LogP contribution is 2.34. The molecule has 0 heterocycles. The lowest BCUT2D eigenvalue weighted by atomic mass is 10.1. The van der Waals surface area contributed by atoms with E-state index in [0.717, 1.165) is 4.47 Å². The van der Waals surface area contributed by atoms with Gasteiger partial charge in [-0.25, -0.2) is 0 Å². The summed E-state index contributed by atoms with van der Waals surface area (Å²) in [5.41, 5.74) is 6.79. The lowest BCUT2D eigenvalue weighted by Crippen LogP contribution is -2.22. The van der Waals surface area contributed by atoms with Crippen LogP contribution in [-0.2, 0) is 0 Å². The van der Waals surface area contributed by atoms with Crippen molar-refractivity contribution in [2.75, 3.05) is 12.3 Å². The molecule has 0 saturated carbocycles. The van der Waals surface area contributed by atoms with Crippen LogP contribution in [0, 0.1) is 0 Å². The molecule has 2 aromatic rings. The van der Waals surface area contributed by atoms with Crippen LogP contribution in [0.1, 0.15) is 17.3 Å². The van der Waals surface area contributed by atoms with Gasteiger partial charge in [-0.2, -0.15) is 0 Å². The highest BCUT2D eigenvalue weighted by atomic mass is 79.9. The summed E-state index contributed by atoms with van der Waals surface area (Å²) in [5, 5.41) is 3.18. The van der Waals surface area contributed by atoms with Gasteiger partial charge in [0.2, 0.25) is 0 Å². The monoisotopic (exact) mass is 368 g/mol. The highest BCUT2D eigenvalue weighted by molar-refractivity contribution is 9.10. The predicted molar refractivity (Wildman–Crippen MR) is 88.1 cm³/mol. The van der Waals surface area contributed by atoms with Gasteiger partial charge in [0, 0.05) is 16.6 Å². The Morgan fingerprint density at radius 1 is 1.29 bits per heavy atom. The van der Waals surface area contributed by atoms with Gasteiger partial charge in [0.05, 0.1) is 10.7 Å². The lowest BCUT2D eigenvalue weighted by molar-refractivity contribution is 0.0956. The zero-order chi connectivity index (χ0) is 15.4. The van der Waals surface area contributed by atoms with E-state index in [1.165, 1.54) is 0 Å². The Hall–Kier alpha value is -1.72. The van der Waals surface area contributed by atoms with Crippen molar-refractivity contribution in [2.45, 2.75) is 6.92 Å². The van der Waals surface area contributed by atoms with Crippen LogP contribution in [0.2, 0.25) is 5.02 Å². The molecular weight excluding hydrogens is 356 g/mol. The topological polar surface area (TPSA) is 64.3 Å². The van der Waals surface area contributed by atoms with E-state index in [1.54, 1.807) is 30.3 Å². The van der Waals surface area contributed by atoms with Gasteiger partial charge in [-0.3, -0.25) is 4.79 Å². The van der Waals surface area contributed by atoms with E-state index < -0.39 is 0 Å². The average molecular weight is 370 g/mol. The third-order valence-corrected chi connectivity index (χ3v) is 3.51. The lowest BCUT2D eigenvalue weighted by Gasteiger charge is -2.11. The number of halogens is 2. The first-order chi connectivity index (χ1) is 10.0. The summed E-state index contributed by atoms with van der Waals surface area (Å²) in [6.45, 7) is 2.42. The summed E-state index contributed by atoms with van der Waals surface area (Å²) in [6, 6.07) is 10.2. The zero-order valence-electron chi connectivity index (χ0n) is 11.3. The number of hydrogen-bond acceptors (Lipinski definition) is 3. The number of ether oxygens (including phenoxy) is 1. The Bertz CT molecular complexity index is 677. The normalized spacial score (nSPS) is 10.2. The minimum absolute atomic E-state index is 0.169. The molecule has 0 aliphatic rings. The maximum Gasteiger partial charge on any atom is 0.251 e. The smallest absolute Gasteiger partial charge is 0.251 e. The fourth-order valence-electron chi connectivity index (χ4n) is 1.72. The average Bonchev–Trinajstić information content (AvgIpc) is 2.44. The quantitative estimate of drug-likeness (QED) is 0.793. The molecule has 3 N–H and O–H groups in total. The minimum Gasteiger partial charge on any atom is -0.454 e. The maximum atomic E-state index is 11.7. The molecule has 21 heavy (non-hydrogen) atoms. The molecule has 0 aliphatic carbocycles. The first kappa shape index (κ1) is 15.7. The molecule has 0 aromatic heterocycles. The van der Waals surface area contributed by atoms with E-state index in [0.29, 0.717) is 34.3 Å². The summed E-state index contributed by atoms with van der Waals surface area (Å²) >= 11 is 9.42. The number of carbonyl (C=O) groups excluding carboxylic acids is 1. The summed E-state index contributed by atoms with van der Waals surface area (Å²) in [7, 11) is 0. The van der Waals surface area contributed by atoms with Crippen molar-refractivity contribution in [3.63, 3.8) is 0 Å². The van der Waals surface area contributed by atoms with Crippen LogP contribution in [0.5, 0.6) is 11.5 Å². The Kier molecular flexibility index (Phi) is 5.09. The second kappa shape index (κ2) is 6.83. The van der Waals surface area contributed by atoms with E-state index in [2.05, 4.69) is 21.2 Å². The van der Waals surface area contributed by atoms with E-state index in [4.69, 9.17) is 22.1 Å². The fourth-order valence-corrected chi connectivity index (χ4v) is 2.43. The van der Waals surface area contributed by atoms with Crippen LogP contribution in [-0.4, -0.2) is 12.5 Å². The van der Waals surface area contributed by atoms with Crippen molar-refractivity contribution in [3.8, 4) is 11.5 Å². The molecule has 2 rings (SSSR count). The van der Waals surface area contributed by atoms with E-state index >= 15 is 0 Å². The number of benzene rings is 2. The SMILES string of the molecule is CCNC(=O)c1ccc(Oc2ccc(Br)cc2Cl)c(N)c1. The summed E-state index contributed by atoms with van der Waals surface area (Å²) in [6.07, 6.45) is 0. The molecule has 0 unspecified atom stereocenters. The molecule has 0 spiro atoms. The Balaban J connectivity index is 2.23. The molecule has 1 amide bonds. The Labute approximate surface area is 136 Å². The highest BCUT2D eigenvalue weighted by Gasteiger charge is 2.10. The molecule has 0 fully saturated rings. The summed E-state index contributed by atoms with van der Waals surface area (Å²) < 4.78 is 6.54. The number of anilines is 1. The number of nitrogen functional groups attached to an aromatic ring is 1. The second-order valence-corrected chi connectivity index (χ2v) is 5.61. The maximum absolute atomic E-state index is 11.7. The first-order valence-corrected chi connectivity index (χ1v) is 7.49. The van der Waals surface area contributed by atoms with E-state index in [-0.39, 0.29) is 5.91 Å². The van der Waals surface area contributed by atoms with Crippen LogP contribution in [0.4, 0.5) is 5.69 Å². The van der Waals surface area contributed by atoms with Crippen LogP contribution < -0.4 is 15.8 Å². The molecule has 0 atom stereocenters. The summed E-state index contributed by atoms with van der Waals surface area (Å²) in [5.74, 6) is 0.780. The second-order valence-electron chi connectivity index (χ2n) is 4.29. The van der Waals surface area contributed by atoms with Gasteiger partial charge in [-0.1, -0.05) is 27.5 Å². The van der Waals surface area contributed by atoms with Crippen molar-refractivity contribution in [1.29, 1.82) is 0 Å². The van der Waals surface area contributed by atoms with Gasteiger partial charge in [0.15, 0.2) is 0 Å². The first-order valence-electron chi connectivity index (χ1n) is 6.32. The molecule has 0 saturated heterocycles. The number of amides is 1. The Morgan fingerprint density at radius 2 is 2.00 bits per heavy atom. The standard InChI is InChI=1S/C15H14BrClN2O2/c1-2-19-15(20)9-3-5-14(12(18)7-9)21-13-6-4-10(16)8-11(13)17/h3-8H,2,18H2,1H3,(H,19,20). The molecular formula is C15H14BrClN2O2. The third kappa shape index (κ3) is 3.89. The van der Waals surface area contributed by atoms with Crippen molar-refractivity contribution in [1.82, 2.24) is 5.32 Å². The van der Waals surface area contributed by atoms with Crippen LogP contribution in [0.25, 0.3) is 0 Å². The fraction of sp³-hybridized carbons (Fsp3) is 0.133. The predicted octanol–water partition coefficient (Wildman–Crippen LogP) is 4.23. The van der Waals surface area contributed by atoms with Crippen molar-refractivity contribution in [3.05, 3.63) is 51.5 Å². The van der Waals surface area contributed by atoms with Gasteiger partial charge in [-0.15, -0.1) is 0 Å². The third-order valence-electron chi connectivity index (χ3n) is 2.72. The number of carbonyl (C=O) groups is 1. The van der Waals surface area contributed by atoms with Crippen LogP contribution >= 0.6 is 27.5 Å². The van der Waals surface area contributed by atoms with Crippen molar-refractivity contribution < 1.29 is 9.53 Å². The molecule has 0 bridgehead atoms. The molecule has 0 aliphatic heterocycles. The minimum atomic E-state index is -0.169. The van der Waals surface area contributed by atoms with Gasteiger partial charge in [0.1, 0.15) is 11.5 Å². The molecule has 0 radical (unpaired) electrons. The van der Waals surface area contributed by atoms with E-state index in [1.807, 2.05) is 13.0 Å². The van der Waals surface area contributed by atoms with Crippen molar-refractivity contribution >= 4 is 39.1 Å². The zero-order valence-corrected chi connectivity index (χ0v) is 13.7. The molecule has 4 nitrogen and oxygen atoms in total. The molecule has 2 aromatic carbocycles. The van der Waals surface area contributed by atoms with Gasteiger partial charge >= 0.3 is 0 Å². The largest absolute Gasteiger partial charge is 0.454 e. The van der Waals surface area contributed by atoms with Gasteiger partial charge < -0.3 is 15.8 Å². The number of nitrogens with two attached hydrogens (primary N) is 1. The van der Waals surface area contributed by atoms with Crippen LogP contribution in [0.3, 0.4) is 0 Å². The number of nitrogens with one attached hydrogen (secondary N) is 1. The molecule has 110 valence electrons.